The van der Waals surface area contributed by atoms with Crippen molar-refractivity contribution < 1.29 is 23.9 Å². The molecule has 2 N–H and O–H groups in total. The standard InChI is InChI=1S/C29H38N4O5/c1-5-6-14-23(26(35)27(36)31-20(2)22-12-8-7-9-13-22)32-28(37)38-25-17-29(3,4)19-33(25)24(34)16-21-11-10-15-30-18-21/h7-13,15,18,20,23,25H,5-6,14,16-17,19H2,1-4H3,(H,31,36)(H,32,37)/t20?,23-,25?/m1/s1. The largest absolute Gasteiger partial charge is 0.425 e. The summed E-state index contributed by atoms with van der Waals surface area (Å²) in [6.45, 7) is 8.20. The highest BCUT2D eigenvalue weighted by Gasteiger charge is 2.42. The van der Waals surface area contributed by atoms with Gasteiger partial charge < -0.3 is 20.3 Å². The number of benzene rings is 1. The zero-order chi connectivity index (χ0) is 27.7. The number of ketones is 1. The molecule has 0 aliphatic carbocycles. The van der Waals surface area contributed by atoms with Crippen LogP contribution in [0.3, 0.4) is 0 Å². The minimum Gasteiger partial charge on any atom is -0.425 e. The van der Waals surface area contributed by atoms with Crippen LogP contribution in [0.4, 0.5) is 4.79 Å². The Labute approximate surface area is 224 Å². The normalized spacial score (nSPS) is 17.8. The van der Waals surface area contributed by atoms with Crippen LogP contribution in [0.25, 0.3) is 0 Å². The van der Waals surface area contributed by atoms with Crippen LogP contribution < -0.4 is 10.6 Å². The first-order valence-corrected chi connectivity index (χ1v) is 13.1. The Morgan fingerprint density at radius 3 is 2.50 bits per heavy atom. The number of unbranched alkanes of at least 4 members (excludes halogenated alkanes) is 1. The third-order valence-corrected chi connectivity index (χ3v) is 6.64. The van der Waals surface area contributed by atoms with Crippen molar-refractivity contribution in [1.82, 2.24) is 20.5 Å². The highest BCUT2D eigenvalue weighted by atomic mass is 16.6. The predicted molar refractivity (Wildman–Crippen MR) is 143 cm³/mol. The van der Waals surface area contributed by atoms with E-state index in [-0.39, 0.29) is 23.8 Å². The second-order valence-electron chi connectivity index (χ2n) is 10.6. The molecule has 3 amide bonds. The summed E-state index contributed by atoms with van der Waals surface area (Å²) >= 11 is 0. The first-order chi connectivity index (χ1) is 18.1. The molecular weight excluding hydrogens is 484 g/mol. The molecule has 0 bridgehead atoms. The van der Waals surface area contributed by atoms with Gasteiger partial charge in [0, 0.05) is 25.4 Å². The maximum Gasteiger partial charge on any atom is 0.409 e. The van der Waals surface area contributed by atoms with Gasteiger partial charge in [-0.3, -0.25) is 19.4 Å². The lowest BCUT2D eigenvalue weighted by molar-refractivity contribution is -0.140. The van der Waals surface area contributed by atoms with Crippen LogP contribution in [0.15, 0.2) is 54.9 Å². The van der Waals surface area contributed by atoms with Crippen LogP contribution in [-0.4, -0.2) is 52.4 Å². The summed E-state index contributed by atoms with van der Waals surface area (Å²) in [5.41, 5.74) is 1.39. The average Bonchev–Trinajstić information content (AvgIpc) is 3.20. The molecule has 1 aliphatic rings. The van der Waals surface area contributed by atoms with E-state index >= 15 is 0 Å². The molecule has 9 nitrogen and oxygen atoms in total. The number of aromatic nitrogens is 1. The molecule has 0 radical (unpaired) electrons. The van der Waals surface area contributed by atoms with E-state index in [1.54, 1.807) is 30.3 Å². The molecule has 2 aromatic rings. The van der Waals surface area contributed by atoms with Crippen molar-refractivity contribution in [3.8, 4) is 0 Å². The number of ether oxygens (including phenoxy) is 1. The summed E-state index contributed by atoms with van der Waals surface area (Å²) in [7, 11) is 0. The number of nitrogens with one attached hydrogen (secondary N) is 2. The van der Waals surface area contributed by atoms with E-state index in [2.05, 4.69) is 15.6 Å². The van der Waals surface area contributed by atoms with Crippen molar-refractivity contribution >= 4 is 23.7 Å². The van der Waals surface area contributed by atoms with Crippen molar-refractivity contribution in [3.63, 3.8) is 0 Å². The fourth-order valence-electron chi connectivity index (χ4n) is 4.57. The Morgan fingerprint density at radius 2 is 1.84 bits per heavy atom. The summed E-state index contributed by atoms with van der Waals surface area (Å²) in [6, 6.07) is 11.5. The van der Waals surface area contributed by atoms with Gasteiger partial charge in [-0.25, -0.2) is 4.79 Å². The summed E-state index contributed by atoms with van der Waals surface area (Å²) in [5, 5.41) is 5.31. The van der Waals surface area contributed by atoms with Gasteiger partial charge in [-0.2, -0.15) is 0 Å². The topological polar surface area (TPSA) is 118 Å². The summed E-state index contributed by atoms with van der Waals surface area (Å²) in [5.74, 6) is -1.67. The van der Waals surface area contributed by atoms with Crippen molar-refractivity contribution in [2.75, 3.05) is 6.54 Å². The summed E-state index contributed by atoms with van der Waals surface area (Å²) in [4.78, 5) is 57.3. The van der Waals surface area contributed by atoms with Gasteiger partial charge in [-0.1, -0.05) is 70.0 Å². The van der Waals surface area contributed by atoms with Crippen molar-refractivity contribution in [1.29, 1.82) is 0 Å². The number of rotatable bonds is 11. The Bertz CT molecular complexity index is 1110. The van der Waals surface area contributed by atoms with Gasteiger partial charge in [0.1, 0.15) is 6.04 Å². The molecule has 0 spiro atoms. The Hall–Kier alpha value is -3.75. The number of likely N-dealkylation sites (tertiary alicyclic amines) is 1. The molecule has 3 rings (SSSR count). The summed E-state index contributed by atoms with van der Waals surface area (Å²) < 4.78 is 5.66. The van der Waals surface area contributed by atoms with Crippen molar-refractivity contribution in [2.45, 2.75) is 78.1 Å². The molecule has 38 heavy (non-hydrogen) atoms. The van der Waals surface area contributed by atoms with E-state index in [0.717, 1.165) is 17.5 Å². The molecule has 1 aliphatic heterocycles. The zero-order valence-corrected chi connectivity index (χ0v) is 22.6. The number of hydrogen-bond donors (Lipinski definition) is 2. The van der Waals surface area contributed by atoms with E-state index in [9.17, 15) is 19.2 Å². The van der Waals surface area contributed by atoms with Gasteiger partial charge in [0.05, 0.1) is 12.5 Å². The van der Waals surface area contributed by atoms with Crippen molar-refractivity contribution in [3.05, 3.63) is 66.0 Å². The van der Waals surface area contributed by atoms with E-state index in [0.29, 0.717) is 25.8 Å². The maximum absolute atomic E-state index is 13.1. The second-order valence-corrected chi connectivity index (χ2v) is 10.6. The highest BCUT2D eigenvalue weighted by Crippen LogP contribution is 2.35. The van der Waals surface area contributed by atoms with Gasteiger partial charge in [0.15, 0.2) is 6.23 Å². The monoisotopic (exact) mass is 522 g/mol. The Balaban J connectivity index is 1.64. The fraction of sp³-hybridized carbons (Fsp3) is 0.483. The number of amides is 3. The van der Waals surface area contributed by atoms with Crippen LogP contribution in [0, 0.1) is 5.41 Å². The molecule has 1 aromatic carbocycles. The molecule has 1 saturated heterocycles. The second kappa shape index (κ2) is 13.2. The Kier molecular flexibility index (Phi) is 9.98. The first kappa shape index (κ1) is 28.8. The molecule has 2 heterocycles. The minimum absolute atomic E-state index is 0.142. The SMILES string of the molecule is CCCC[C@@H](NC(=O)OC1CC(C)(C)CN1C(=O)Cc1cccnc1)C(=O)C(=O)NC(C)c1ccccc1. The van der Waals surface area contributed by atoms with Crippen LogP contribution in [0.5, 0.6) is 0 Å². The van der Waals surface area contributed by atoms with Gasteiger partial charge in [-0.15, -0.1) is 0 Å². The lowest BCUT2D eigenvalue weighted by Gasteiger charge is -2.26. The molecule has 3 atom stereocenters. The highest BCUT2D eigenvalue weighted by molar-refractivity contribution is 6.38. The van der Waals surface area contributed by atoms with Crippen LogP contribution >= 0.6 is 0 Å². The van der Waals surface area contributed by atoms with Crippen LogP contribution in [0.2, 0.25) is 0 Å². The molecule has 1 fully saturated rings. The lowest BCUT2D eigenvalue weighted by atomic mass is 9.93. The first-order valence-electron chi connectivity index (χ1n) is 13.1. The van der Waals surface area contributed by atoms with E-state index < -0.39 is 30.1 Å². The number of nitrogens with zero attached hydrogens (tertiary/aromatic N) is 2. The average molecular weight is 523 g/mol. The van der Waals surface area contributed by atoms with E-state index in [4.69, 9.17) is 4.74 Å². The fourth-order valence-corrected chi connectivity index (χ4v) is 4.57. The molecular formula is C29H38N4O5. The minimum atomic E-state index is -1.03. The Morgan fingerprint density at radius 1 is 1.11 bits per heavy atom. The smallest absolute Gasteiger partial charge is 0.409 e. The number of carbonyl (C=O) groups excluding carboxylic acids is 4. The quantitative estimate of drug-likeness (QED) is 0.432. The molecule has 1 aromatic heterocycles. The van der Waals surface area contributed by atoms with Gasteiger partial charge in [-0.05, 0) is 36.0 Å². The predicted octanol–water partition coefficient (Wildman–Crippen LogP) is 3.94. The number of alkyl carbamates (subject to hydrolysis) is 1. The number of pyridine rings is 1. The molecule has 0 saturated carbocycles. The van der Waals surface area contributed by atoms with Gasteiger partial charge in [0.25, 0.3) is 5.91 Å². The van der Waals surface area contributed by atoms with E-state index in [1.165, 1.54) is 0 Å². The molecule has 2 unspecified atom stereocenters. The zero-order valence-electron chi connectivity index (χ0n) is 22.6. The number of hydrogen-bond acceptors (Lipinski definition) is 6. The number of Topliss-reactive ketones (excluding diaryl/α,β-unsaturated/α-hetero) is 1. The van der Waals surface area contributed by atoms with Crippen LogP contribution in [0.1, 0.15) is 70.5 Å². The van der Waals surface area contributed by atoms with Gasteiger partial charge in [0.2, 0.25) is 11.7 Å². The lowest BCUT2D eigenvalue weighted by Crippen LogP contribution is -2.49. The molecule has 204 valence electrons. The maximum atomic E-state index is 13.1. The number of carbonyl (C=O) groups is 4. The van der Waals surface area contributed by atoms with Crippen molar-refractivity contribution in [2.24, 2.45) is 5.41 Å². The third-order valence-electron chi connectivity index (χ3n) is 6.64. The van der Waals surface area contributed by atoms with E-state index in [1.807, 2.05) is 57.2 Å². The van der Waals surface area contributed by atoms with Gasteiger partial charge >= 0.3 is 6.09 Å². The van der Waals surface area contributed by atoms with Crippen LogP contribution in [-0.2, 0) is 25.5 Å². The molecule has 9 heteroatoms. The third kappa shape index (κ3) is 8.13. The summed E-state index contributed by atoms with van der Waals surface area (Å²) in [6.07, 6.45) is 4.01.